The summed E-state index contributed by atoms with van der Waals surface area (Å²) < 4.78 is 5.33. The van der Waals surface area contributed by atoms with Gasteiger partial charge in [-0.25, -0.2) is 4.79 Å². The van der Waals surface area contributed by atoms with E-state index in [1.165, 1.54) is 11.8 Å². The zero-order chi connectivity index (χ0) is 23.9. The highest BCUT2D eigenvalue weighted by Gasteiger charge is 2.60. The van der Waals surface area contributed by atoms with Crippen molar-refractivity contribution in [1.82, 2.24) is 9.90 Å². The maximum atomic E-state index is 12.9. The highest BCUT2D eigenvalue weighted by molar-refractivity contribution is 7.32. The van der Waals surface area contributed by atoms with Gasteiger partial charge in [0.15, 0.2) is 13.8 Å². The zero-order valence-electron chi connectivity index (χ0n) is 19.0. The summed E-state index contributed by atoms with van der Waals surface area (Å²) in [6.07, 6.45) is -0.794. The molecule has 0 aliphatic carbocycles. The first kappa shape index (κ1) is 23.4. The maximum Gasteiger partial charge on any atom is 0.359 e. The van der Waals surface area contributed by atoms with Crippen LogP contribution in [-0.4, -0.2) is 47.8 Å². The van der Waals surface area contributed by atoms with Gasteiger partial charge in [-0.3, -0.25) is 9.59 Å². The lowest BCUT2D eigenvalue weighted by molar-refractivity contribution is -0.162. The molecular formula is C24H26BN2O5P. The van der Waals surface area contributed by atoms with Crippen molar-refractivity contribution in [1.29, 1.82) is 0 Å². The van der Waals surface area contributed by atoms with Crippen molar-refractivity contribution in [2.45, 2.75) is 32.9 Å². The number of carbonyl (C=O) groups is 3. The molecule has 1 fully saturated rings. The highest BCUT2D eigenvalue weighted by atomic mass is 31.1. The molecule has 2 heterocycles. The molecule has 1 saturated heterocycles. The summed E-state index contributed by atoms with van der Waals surface area (Å²) in [6.45, 7) is 5.12. The molecule has 0 spiro atoms. The number of aliphatic hydroxyl groups excluding tert-OH is 1. The number of aliphatic hydroxyl groups is 1. The second kappa shape index (κ2) is 9.22. The van der Waals surface area contributed by atoms with Crippen molar-refractivity contribution < 1.29 is 24.0 Å². The second-order valence-electron chi connectivity index (χ2n) is 8.47. The molecule has 0 bridgehead atoms. The molecule has 1 unspecified atom stereocenters. The van der Waals surface area contributed by atoms with Crippen LogP contribution in [0.25, 0.3) is 16.7 Å². The first-order valence-corrected chi connectivity index (χ1v) is 11.8. The van der Waals surface area contributed by atoms with Gasteiger partial charge in [-0.05, 0) is 36.1 Å². The predicted octanol–water partition coefficient (Wildman–Crippen LogP) is 2.31. The Balaban J connectivity index is 1.70. The van der Waals surface area contributed by atoms with Crippen LogP contribution in [0, 0.1) is 11.8 Å². The van der Waals surface area contributed by atoms with Gasteiger partial charge in [0.1, 0.15) is 14.7 Å². The van der Waals surface area contributed by atoms with Crippen molar-refractivity contribution in [2.24, 2.45) is 11.8 Å². The van der Waals surface area contributed by atoms with Gasteiger partial charge in [-0.2, -0.15) is 0 Å². The molecular weight excluding hydrogens is 438 g/mol. The quantitative estimate of drug-likeness (QED) is 0.283. The summed E-state index contributed by atoms with van der Waals surface area (Å²) >= 11 is 0. The Bertz CT molecular complexity index is 1130. The van der Waals surface area contributed by atoms with E-state index in [4.69, 9.17) is 4.52 Å². The number of fused-ring (bicyclic) bond motifs is 1. The molecule has 5 atom stereocenters. The summed E-state index contributed by atoms with van der Waals surface area (Å²) in [5, 5.41) is 10.1. The van der Waals surface area contributed by atoms with Gasteiger partial charge < -0.3 is 19.5 Å². The smallest absolute Gasteiger partial charge is 0.359 e. The van der Waals surface area contributed by atoms with Crippen LogP contribution in [0.2, 0.25) is 0 Å². The Kier molecular flexibility index (Phi) is 6.53. The number of ketones is 1. The molecule has 9 heteroatoms. The van der Waals surface area contributed by atoms with E-state index in [0.717, 1.165) is 22.3 Å². The third-order valence-electron chi connectivity index (χ3n) is 6.43. The van der Waals surface area contributed by atoms with Gasteiger partial charge in [0, 0.05) is 11.5 Å². The van der Waals surface area contributed by atoms with E-state index >= 15 is 0 Å². The first-order valence-electron chi connectivity index (χ1n) is 10.9. The van der Waals surface area contributed by atoms with Crippen LogP contribution in [0.1, 0.15) is 36.7 Å². The number of nitrogens with one attached hydrogen (secondary N) is 1. The average molecular weight is 464 g/mol. The van der Waals surface area contributed by atoms with Crippen LogP contribution in [0.5, 0.6) is 0 Å². The average Bonchev–Trinajstić information content (AvgIpc) is 3.05. The fraction of sp³-hybridized carbons (Fsp3) is 0.292. The second-order valence-corrected chi connectivity index (χ2v) is 9.38. The standard InChI is InChI=1S/C24H26BN2O5P/c1-12-19(18-10-8-17(9-11-18)16-6-4-15(5-7-16)13(2)28)22(24(31)32-33-26-25)27-21(12)20(14(3)29)23(27)30/h4-12,14,20-21,26,29,33H,25H2,1-3H3/t12-,14+,20+,21+/m0/s1. The van der Waals surface area contributed by atoms with Crippen LogP contribution in [-0.2, 0) is 14.1 Å². The van der Waals surface area contributed by atoms with Crippen LogP contribution in [0.15, 0.2) is 54.2 Å². The Hall–Kier alpha value is -2.80. The Labute approximate surface area is 195 Å². The first-order chi connectivity index (χ1) is 15.8. The minimum atomic E-state index is -0.794. The van der Waals surface area contributed by atoms with Crippen LogP contribution < -0.4 is 5.00 Å². The number of Topliss-reactive ketones (excluding diaryl/α,β-unsaturated/α-hetero) is 1. The molecule has 2 aromatic carbocycles. The third kappa shape index (κ3) is 4.03. The molecule has 33 heavy (non-hydrogen) atoms. The SMILES string of the molecule is BNPOC(=O)C1=C(c2ccc(-c3ccc(C(C)=O)cc3)cc2)[C@H](C)[C@@H]2[C@@H]([C@@H](C)O)C(=O)N12. The lowest BCUT2D eigenvalue weighted by Crippen LogP contribution is -2.63. The van der Waals surface area contributed by atoms with Crippen LogP contribution in [0.4, 0.5) is 0 Å². The summed E-state index contributed by atoms with van der Waals surface area (Å²) in [6, 6.07) is 14.9. The van der Waals surface area contributed by atoms with Gasteiger partial charge in [0.2, 0.25) is 5.91 Å². The molecule has 0 saturated carbocycles. The van der Waals surface area contributed by atoms with Gasteiger partial charge in [0.05, 0.1) is 18.1 Å². The molecule has 2 aliphatic heterocycles. The van der Waals surface area contributed by atoms with E-state index in [-0.39, 0.29) is 38.3 Å². The summed E-state index contributed by atoms with van der Waals surface area (Å²) in [5.41, 5.74) is 4.45. The van der Waals surface area contributed by atoms with Gasteiger partial charge >= 0.3 is 5.97 Å². The number of nitrogens with zero attached hydrogens (tertiary/aromatic N) is 1. The number of amides is 1. The number of rotatable bonds is 7. The minimum absolute atomic E-state index is 0.0204. The lowest BCUT2D eigenvalue weighted by atomic mass is 9.77. The fourth-order valence-corrected chi connectivity index (χ4v) is 5.12. The fourth-order valence-electron chi connectivity index (χ4n) is 4.83. The molecule has 2 N–H and O–H groups in total. The minimum Gasteiger partial charge on any atom is -0.428 e. The third-order valence-corrected chi connectivity index (χ3v) is 6.92. The van der Waals surface area contributed by atoms with Crippen LogP contribution >= 0.6 is 8.96 Å². The Morgan fingerprint density at radius 3 is 2.15 bits per heavy atom. The van der Waals surface area contributed by atoms with Gasteiger partial charge in [0.25, 0.3) is 0 Å². The largest absolute Gasteiger partial charge is 0.428 e. The predicted molar refractivity (Wildman–Crippen MR) is 130 cm³/mol. The van der Waals surface area contributed by atoms with Crippen molar-refractivity contribution in [3.63, 3.8) is 0 Å². The normalized spacial score (nSPS) is 23.0. The van der Waals surface area contributed by atoms with Gasteiger partial charge in [-0.15, -0.1) is 0 Å². The molecule has 0 aromatic heterocycles. The monoisotopic (exact) mass is 464 g/mol. The summed E-state index contributed by atoms with van der Waals surface area (Å²) in [5.74, 6) is -1.45. The molecule has 2 aromatic rings. The zero-order valence-corrected chi connectivity index (χ0v) is 20.0. The maximum absolute atomic E-state index is 12.9. The van der Waals surface area contributed by atoms with E-state index in [0.29, 0.717) is 5.56 Å². The lowest BCUT2D eigenvalue weighted by Gasteiger charge is -2.46. The Morgan fingerprint density at radius 1 is 1.09 bits per heavy atom. The number of hydrogen-bond donors (Lipinski definition) is 2. The van der Waals surface area contributed by atoms with E-state index in [1.807, 2.05) is 43.3 Å². The molecule has 170 valence electrons. The van der Waals surface area contributed by atoms with Crippen LogP contribution in [0.3, 0.4) is 0 Å². The van der Waals surface area contributed by atoms with E-state index in [2.05, 4.69) is 5.00 Å². The Morgan fingerprint density at radius 2 is 1.64 bits per heavy atom. The van der Waals surface area contributed by atoms with Crippen molar-refractivity contribution in [3.8, 4) is 11.1 Å². The number of β-lactam (4-membered cyclic amide) rings is 1. The van der Waals surface area contributed by atoms with Crippen molar-refractivity contribution in [3.05, 3.63) is 65.4 Å². The number of benzene rings is 2. The van der Waals surface area contributed by atoms with E-state index < -0.39 is 18.0 Å². The summed E-state index contributed by atoms with van der Waals surface area (Å²) in [7, 11) is 1.46. The number of hydrogen-bond acceptors (Lipinski definition) is 6. The topological polar surface area (TPSA) is 95.9 Å². The molecule has 2 aliphatic rings. The highest BCUT2D eigenvalue weighted by Crippen LogP contribution is 2.51. The van der Waals surface area contributed by atoms with Crippen molar-refractivity contribution in [2.75, 3.05) is 0 Å². The summed E-state index contributed by atoms with van der Waals surface area (Å²) in [4.78, 5) is 41.5. The molecule has 0 radical (unpaired) electrons. The van der Waals surface area contributed by atoms with Crippen molar-refractivity contribution >= 4 is 40.2 Å². The van der Waals surface area contributed by atoms with Gasteiger partial charge in [-0.1, -0.05) is 55.5 Å². The van der Waals surface area contributed by atoms with E-state index in [1.54, 1.807) is 27.0 Å². The van der Waals surface area contributed by atoms with E-state index in [9.17, 15) is 19.5 Å². The molecule has 7 nitrogen and oxygen atoms in total. The molecule has 1 amide bonds. The molecule has 4 rings (SSSR count). The number of carbonyl (C=O) groups excluding carboxylic acids is 3.